The van der Waals surface area contributed by atoms with Gasteiger partial charge in [-0.2, -0.15) is 0 Å². The average Bonchev–Trinajstić information content (AvgIpc) is 3.18. The summed E-state index contributed by atoms with van der Waals surface area (Å²) in [5.74, 6) is 0. The molecule has 0 saturated carbocycles. The summed E-state index contributed by atoms with van der Waals surface area (Å²) in [5, 5.41) is 11.5. The number of hydrogen-bond donors (Lipinski definition) is 2. The minimum absolute atomic E-state index is 0.113. The van der Waals surface area contributed by atoms with E-state index in [-0.39, 0.29) is 13.2 Å². The monoisotopic (exact) mass is 474 g/mol. The Kier molecular flexibility index (Phi) is 6.87. The first-order valence-corrected chi connectivity index (χ1v) is 11.5. The van der Waals surface area contributed by atoms with Crippen molar-refractivity contribution in [3.05, 3.63) is 117 Å². The number of H-pyrrole nitrogens is 1. The van der Waals surface area contributed by atoms with E-state index in [1.54, 1.807) is 24.3 Å². The molecule has 1 aromatic heterocycles. The molecule has 0 bridgehead atoms. The number of hydrogen-bond acceptors (Lipinski definition) is 6. The lowest BCUT2D eigenvalue weighted by molar-refractivity contribution is -0.0837. The quantitative estimate of drug-likeness (QED) is 0.407. The number of para-hydroxylation sites is 1. The van der Waals surface area contributed by atoms with Gasteiger partial charge < -0.3 is 24.3 Å². The normalized spacial score (nSPS) is 22.0. The van der Waals surface area contributed by atoms with Gasteiger partial charge in [-0.1, -0.05) is 72.8 Å². The summed E-state index contributed by atoms with van der Waals surface area (Å²) < 4.78 is 18.9. The SMILES string of the molecule is O=c1[nH]c2ccccc2c(=O)n1[C@@H]1O[C@H](COCc2ccccc2)[C@@H](OCc2ccccc2)[C@@H]1O. The minimum Gasteiger partial charge on any atom is -0.386 e. The van der Waals surface area contributed by atoms with E-state index < -0.39 is 35.8 Å². The Labute approximate surface area is 201 Å². The molecule has 1 aliphatic heterocycles. The first-order chi connectivity index (χ1) is 17.1. The molecule has 5 rings (SSSR count). The molecule has 0 unspecified atom stereocenters. The fourth-order valence-electron chi connectivity index (χ4n) is 4.31. The van der Waals surface area contributed by atoms with Gasteiger partial charge in [-0.05, 0) is 23.3 Å². The van der Waals surface area contributed by atoms with E-state index in [0.717, 1.165) is 15.7 Å². The molecule has 4 aromatic rings. The van der Waals surface area contributed by atoms with E-state index in [1.807, 2.05) is 60.7 Å². The summed E-state index contributed by atoms with van der Waals surface area (Å²) in [5.41, 5.74) is 1.14. The molecule has 4 atom stereocenters. The van der Waals surface area contributed by atoms with Crippen molar-refractivity contribution in [1.29, 1.82) is 0 Å². The van der Waals surface area contributed by atoms with Crippen LogP contribution < -0.4 is 11.2 Å². The predicted octanol–water partition coefficient (Wildman–Crippen LogP) is 2.75. The lowest BCUT2D eigenvalue weighted by Crippen LogP contribution is -2.43. The van der Waals surface area contributed by atoms with Crippen LogP contribution in [-0.4, -0.2) is 39.6 Å². The van der Waals surface area contributed by atoms with E-state index in [0.29, 0.717) is 17.5 Å². The van der Waals surface area contributed by atoms with Crippen molar-refractivity contribution in [3.8, 4) is 0 Å². The maximum Gasteiger partial charge on any atom is 0.331 e. The Morgan fingerprint density at radius 2 is 1.49 bits per heavy atom. The molecule has 0 aliphatic carbocycles. The van der Waals surface area contributed by atoms with Crippen molar-refractivity contribution >= 4 is 10.9 Å². The van der Waals surface area contributed by atoms with Crippen molar-refractivity contribution < 1.29 is 19.3 Å². The summed E-state index contributed by atoms with van der Waals surface area (Å²) in [6.07, 6.45) is -3.99. The number of fused-ring (bicyclic) bond motifs is 1. The molecule has 2 N–H and O–H groups in total. The number of ether oxygens (including phenoxy) is 3. The number of benzene rings is 3. The molecule has 180 valence electrons. The number of aliphatic hydroxyl groups excluding tert-OH is 1. The van der Waals surface area contributed by atoms with Gasteiger partial charge in [-0.25, -0.2) is 9.36 Å². The first kappa shape index (κ1) is 23.2. The third kappa shape index (κ3) is 4.96. The molecule has 35 heavy (non-hydrogen) atoms. The zero-order chi connectivity index (χ0) is 24.2. The van der Waals surface area contributed by atoms with Gasteiger partial charge in [-0.3, -0.25) is 4.79 Å². The lowest BCUT2D eigenvalue weighted by atomic mass is 10.1. The smallest absolute Gasteiger partial charge is 0.331 e. The summed E-state index contributed by atoms with van der Waals surface area (Å²) in [6.45, 7) is 0.697. The van der Waals surface area contributed by atoms with E-state index in [1.165, 1.54) is 0 Å². The standard InChI is InChI=1S/C27H26N2O6/c30-23-24(34-16-19-11-5-2-6-12-19)22(17-33-15-18-9-3-1-4-10-18)35-26(23)29-25(31)20-13-7-8-14-21(20)28-27(29)32/h1-14,22-24,26,30H,15-17H2,(H,28,32)/t22-,23+,24-,26-/m1/s1. The second-order valence-corrected chi connectivity index (χ2v) is 8.47. The van der Waals surface area contributed by atoms with E-state index >= 15 is 0 Å². The van der Waals surface area contributed by atoms with Gasteiger partial charge in [-0.15, -0.1) is 0 Å². The molecule has 0 amide bonds. The van der Waals surface area contributed by atoms with Gasteiger partial charge in [0.05, 0.1) is 30.7 Å². The molecule has 8 nitrogen and oxygen atoms in total. The molecule has 1 fully saturated rings. The van der Waals surface area contributed by atoms with Gasteiger partial charge in [0.1, 0.15) is 18.3 Å². The fourth-order valence-corrected chi connectivity index (χ4v) is 4.31. The topological polar surface area (TPSA) is 103 Å². The van der Waals surface area contributed by atoms with Gasteiger partial charge in [0.15, 0.2) is 6.23 Å². The van der Waals surface area contributed by atoms with E-state index in [2.05, 4.69) is 4.98 Å². The van der Waals surface area contributed by atoms with Gasteiger partial charge >= 0.3 is 5.69 Å². The van der Waals surface area contributed by atoms with Crippen molar-refractivity contribution in [2.24, 2.45) is 0 Å². The molecule has 0 spiro atoms. The highest BCUT2D eigenvalue weighted by Crippen LogP contribution is 2.31. The van der Waals surface area contributed by atoms with Crippen molar-refractivity contribution in [2.45, 2.75) is 37.8 Å². The molecular weight excluding hydrogens is 448 g/mol. The third-order valence-corrected chi connectivity index (χ3v) is 6.08. The zero-order valence-electron chi connectivity index (χ0n) is 18.9. The van der Waals surface area contributed by atoms with Crippen LogP contribution in [-0.2, 0) is 27.4 Å². The van der Waals surface area contributed by atoms with Crippen LogP contribution in [0, 0.1) is 0 Å². The Morgan fingerprint density at radius 1 is 0.857 bits per heavy atom. The van der Waals surface area contributed by atoms with Gasteiger partial charge in [0.2, 0.25) is 0 Å². The number of nitrogens with one attached hydrogen (secondary N) is 1. The number of rotatable bonds is 8. The second-order valence-electron chi connectivity index (χ2n) is 8.47. The largest absolute Gasteiger partial charge is 0.386 e. The Hall–Kier alpha value is -3.56. The number of aromatic amines is 1. The maximum absolute atomic E-state index is 13.2. The molecule has 8 heteroatoms. The molecule has 1 aliphatic rings. The van der Waals surface area contributed by atoms with E-state index in [4.69, 9.17) is 14.2 Å². The lowest BCUT2D eigenvalue weighted by Gasteiger charge is -2.21. The number of nitrogens with zero attached hydrogens (tertiary/aromatic N) is 1. The van der Waals surface area contributed by atoms with Crippen LogP contribution in [0.4, 0.5) is 0 Å². The Balaban J connectivity index is 1.40. The fraction of sp³-hybridized carbons (Fsp3) is 0.259. The van der Waals surface area contributed by atoms with Gasteiger partial charge in [0, 0.05) is 0 Å². The van der Waals surface area contributed by atoms with Crippen molar-refractivity contribution in [1.82, 2.24) is 9.55 Å². The van der Waals surface area contributed by atoms with Gasteiger partial charge in [0.25, 0.3) is 5.56 Å². The summed E-state index contributed by atoms with van der Waals surface area (Å²) in [6, 6.07) is 25.9. The highest BCUT2D eigenvalue weighted by Gasteiger charge is 2.46. The summed E-state index contributed by atoms with van der Waals surface area (Å²) in [4.78, 5) is 28.7. The highest BCUT2D eigenvalue weighted by atomic mass is 16.6. The van der Waals surface area contributed by atoms with Crippen LogP contribution in [0.15, 0.2) is 94.5 Å². The molecule has 2 heterocycles. The van der Waals surface area contributed by atoms with Crippen LogP contribution >= 0.6 is 0 Å². The minimum atomic E-state index is -1.26. The van der Waals surface area contributed by atoms with Crippen LogP contribution in [0.25, 0.3) is 10.9 Å². The summed E-state index contributed by atoms with van der Waals surface area (Å²) >= 11 is 0. The van der Waals surface area contributed by atoms with Crippen LogP contribution in [0.2, 0.25) is 0 Å². The number of aliphatic hydroxyl groups is 1. The van der Waals surface area contributed by atoms with Crippen molar-refractivity contribution in [3.63, 3.8) is 0 Å². The molecular formula is C27H26N2O6. The third-order valence-electron chi connectivity index (χ3n) is 6.08. The van der Waals surface area contributed by atoms with Crippen LogP contribution in [0.1, 0.15) is 17.4 Å². The average molecular weight is 475 g/mol. The Morgan fingerprint density at radius 3 is 2.20 bits per heavy atom. The number of aromatic nitrogens is 2. The van der Waals surface area contributed by atoms with Crippen LogP contribution in [0.5, 0.6) is 0 Å². The molecule has 1 saturated heterocycles. The summed E-state index contributed by atoms with van der Waals surface area (Å²) in [7, 11) is 0. The van der Waals surface area contributed by atoms with E-state index in [9.17, 15) is 14.7 Å². The molecule has 3 aromatic carbocycles. The second kappa shape index (κ2) is 10.4. The van der Waals surface area contributed by atoms with Crippen molar-refractivity contribution in [2.75, 3.05) is 6.61 Å². The molecule has 0 radical (unpaired) electrons. The Bertz CT molecular complexity index is 1390. The first-order valence-electron chi connectivity index (χ1n) is 11.5. The maximum atomic E-state index is 13.2. The predicted molar refractivity (Wildman–Crippen MR) is 130 cm³/mol. The zero-order valence-corrected chi connectivity index (χ0v) is 18.9. The van der Waals surface area contributed by atoms with Crippen LogP contribution in [0.3, 0.4) is 0 Å². The highest BCUT2D eigenvalue weighted by molar-refractivity contribution is 5.76.